The molecule has 0 unspecified atom stereocenters. The topological polar surface area (TPSA) is 60.9 Å². The van der Waals surface area contributed by atoms with Crippen molar-refractivity contribution in [2.75, 3.05) is 32.8 Å². The molecular formula is C15H17F3N2O3. The summed E-state index contributed by atoms with van der Waals surface area (Å²) in [6.45, 7) is 0.845. The minimum atomic E-state index is -4.44. The number of benzene rings is 1. The Hall–Kier alpha value is -2.09. The van der Waals surface area contributed by atoms with Crippen molar-refractivity contribution in [3.05, 3.63) is 35.4 Å². The number of carbonyl (C=O) groups is 2. The second kappa shape index (κ2) is 6.99. The number of hydrogen-bond donors (Lipinski definition) is 1. The quantitative estimate of drug-likeness (QED) is 0.911. The molecule has 1 aliphatic heterocycles. The lowest BCUT2D eigenvalue weighted by atomic mass is 10.1. The van der Waals surface area contributed by atoms with E-state index in [0.29, 0.717) is 6.54 Å². The lowest BCUT2D eigenvalue weighted by Crippen LogP contribution is -2.37. The molecule has 1 aromatic rings. The van der Waals surface area contributed by atoms with E-state index in [9.17, 15) is 22.8 Å². The minimum Gasteiger partial charge on any atom is -0.395 e. The van der Waals surface area contributed by atoms with Crippen LogP contribution in [0.3, 0.4) is 0 Å². The molecule has 5 nitrogen and oxygen atoms in total. The molecule has 1 saturated heterocycles. The molecule has 2 rings (SSSR count). The van der Waals surface area contributed by atoms with Gasteiger partial charge in [-0.3, -0.25) is 9.59 Å². The van der Waals surface area contributed by atoms with Crippen molar-refractivity contribution in [3.63, 3.8) is 0 Å². The number of rotatable bonds is 3. The van der Waals surface area contributed by atoms with Crippen LogP contribution < -0.4 is 0 Å². The summed E-state index contributed by atoms with van der Waals surface area (Å²) in [6.07, 6.45) is -4.31. The van der Waals surface area contributed by atoms with Crippen LogP contribution in [-0.4, -0.2) is 59.5 Å². The Morgan fingerprint density at radius 3 is 2.35 bits per heavy atom. The summed E-state index contributed by atoms with van der Waals surface area (Å²) >= 11 is 0. The number of hydrogen-bond acceptors (Lipinski definition) is 3. The predicted octanol–water partition coefficient (Wildman–Crippen LogP) is 1.37. The van der Waals surface area contributed by atoms with Gasteiger partial charge in [-0.2, -0.15) is 13.2 Å². The Bertz CT molecular complexity index is 572. The summed E-state index contributed by atoms with van der Waals surface area (Å²) in [5.74, 6) is -0.556. The monoisotopic (exact) mass is 330 g/mol. The summed E-state index contributed by atoms with van der Waals surface area (Å²) < 4.78 is 37.6. The van der Waals surface area contributed by atoms with Crippen molar-refractivity contribution in [1.29, 1.82) is 0 Å². The van der Waals surface area contributed by atoms with Gasteiger partial charge in [-0.05, 0) is 24.3 Å². The van der Waals surface area contributed by atoms with Crippen LogP contribution in [0.5, 0.6) is 0 Å². The highest BCUT2D eigenvalue weighted by atomic mass is 19.4. The fraction of sp³-hybridized carbons (Fsp3) is 0.467. The molecule has 1 heterocycles. The molecule has 8 heteroatoms. The second-order valence-corrected chi connectivity index (χ2v) is 5.22. The fourth-order valence-electron chi connectivity index (χ4n) is 2.41. The number of β-amino-alcohol motifs (C(OH)–C–C–N with tert-alkyl or cyclic N) is 1. The predicted molar refractivity (Wildman–Crippen MR) is 75.6 cm³/mol. The number of amides is 2. The molecule has 0 saturated carbocycles. The second-order valence-electron chi connectivity index (χ2n) is 5.22. The minimum absolute atomic E-state index is 0.131. The number of alkyl halides is 3. The van der Waals surface area contributed by atoms with E-state index in [2.05, 4.69) is 0 Å². The van der Waals surface area contributed by atoms with Crippen LogP contribution in [0.15, 0.2) is 24.3 Å². The van der Waals surface area contributed by atoms with Crippen molar-refractivity contribution in [3.8, 4) is 0 Å². The number of halogens is 3. The highest BCUT2D eigenvalue weighted by molar-refractivity contribution is 5.94. The first kappa shape index (κ1) is 17.3. The van der Waals surface area contributed by atoms with E-state index >= 15 is 0 Å². The third-order valence-corrected chi connectivity index (χ3v) is 3.70. The molecule has 1 aromatic carbocycles. The third kappa shape index (κ3) is 4.22. The zero-order valence-electron chi connectivity index (χ0n) is 12.3. The number of aliphatic hydroxyl groups excluding tert-OH is 1. The molecule has 23 heavy (non-hydrogen) atoms. The van der Waals surface area contributed by atoms with E-state index in [4.69, 9.17) is 5.11 Å². The van der Waals surface area contributed by atoms with Crippen LogP contribution in [0.4, 0.5) is 13.2 Å². The van der Waals surface area contributed by atoms with Gasteiger partial charge in [0.25, 0.3) is 5.91 Å². The molecular weight excluding hydrogens is 313 g/mol. The Kier molecular flexibility index (Phi) is 5.25. The van der Waals surface area contributed by atoms with Crippen molar-refractivity contribution in [2.45, 2.75) is 12.6 Å². The van der Waals surface area contributed by atoms with Gasteiger partial charge in [0.1, 0.15) is 0 Å². The Morgan fingerprint density at radius 2 is 1.78 bits per heavy atom. The largest absolute Gasteiger partial charge is 0.416 e. The smallest absolute Gasteiger partial charge is 0.395 e. The van der Waals surface area contributed by atoms with Crippen LogP contribution in [0, 0.1) is 0 Å². The number of carbonyl (C=O) groups excluding carboxylic acids is 2. The van der Waals surface area contributed by atoms with E-state index in [1.807, 2.05) is 0 Å². The molecule has 0 radical (unpaired) electrons. The van der Waals surface area contributed by atoms with Crippen molar-refractivity contribution in [2.24, 2.45) is 0 Å². The van der Waals surface area contributed by atoms with Crippen molar-refractivity contribution in [1.82, 2.24) is 9.80 Å². The van der Waals surface area contributed by atoms with E-state index in [1.54, 1.807) is 0 Å². The molecule has 0 spiro atoms. The molecule has 0 bridgehead atoms. The van der Waals surface area contributed by atoms with Crippen LogP contribution >= 0.6 is 0 Å². The van der Waals surface area contributed by atoms with Gasteiger partial charge in [0, 0.05) is 38.2 Å². The zero-order chi connectivity index (χ0) is 17.0. The van der Waals surface area contributed by atoms with Crippen LogP contribution in [-0.2, 0) is 11.0 Å². The Balaban J connectivity index is 2.07. The highest BCUT2D eigenvalue weighted by Crippen LogP contribution is 2.29. The first-order valence-corrected chi connectivity index (χ1v) is 7.18. The van der Waals surface area contributed by atoms with Gasteiger partial charge in [0.05, 0.1) is 12.2 Å². The summed E-state index contributed by atoms with van der Waals surface area (Å²) in [5.41, 5.74) is -0.657. The average molecular weight is 330 g/mol. The normalized spacial score (nSPS) is 16.4. The summed E-state index contributed by atoms with van der Waals surface area (Å²) in [4.78, 5) is 27.1. The molecule has 2 amide bonds. The van der Waals surface area contributed by atoms with E-state index in [1.165, 1.54) is 9.80 Å². The molecule has 0 atom stereocenters. The third-order valence-electron chi connectivity index (χ3n) is 3.70. The zero-order valence-corrected chi connectivity index (χ0v) is 12.3. The standard InChI is InChI=1S/C15H17F3N2O3/c16-15(17,18)12-3-1-11(2-4-12)14(23)20-6-5-13(22)19(7-8-20)9-10-21/h1-4,21H,5-10H2. The van der Waals surface area contributed by atoms with Crippen molar-refractivity contribution < 1.29 is 27.9 Å². The SMILES string of the molecule is O=C1CCN(C(=O)c2ccc(C(F)(F)F)cc2)CCN1CCO. The fourth-order valence-corrected chi connectivity index (χ4v) is 2.41. The van der Waals surface area contributed by atoms with Gasteiger partial charge < -0.3 is 14.9 Å². The molecule has 1 N–H and O–H groups in total. The van der Waals surface area contributed by atoms with E-state index in [0.717, 1.165) is 24.3 Å². The maximum Gasteiger partial charge on any atom is 0.416 e. The Labute approximate surface area is 131 Å². The van der Waals surface area contributed by atoms with E-state index in [-0.39, 0.29) is 44.1 Å². The lowest BCUT2D eigenvalue weighted by molar-refractivity contribution is -0.137. The van der Waals surface area contributed by atoms with Gasteiger partial charge in [-0.15, -0.1) is 0 Å². The Morgan fingerprint density at radius 1 is 1.13 bits per heavy atom. The molecule has 0 aliphatic carbocycles. The molecule has 1 aliphatic rings. The summed E-state index contributed by atoms with van der Waals surface area (Å²) in [6, 6.07) is 4.02. The number of nitrogens with zero attached hydrogens (tertiary/aromatic N) is 2. The average Bonchev–Trinajstić information content (AvgIpc) is 2.69. The van der Waals surface area contributed by atoms with Gasteiger partial charge in [-0.1, -0.05) is 0 Å². The maximum absolute atomic E-state index is 12.5. The van der Waals surface area contributed by atoms with Gasteiger partial charge in [0.2, 0.25) is 5.91 Å². The van der Waals surface area contributed by atoms with E-state index < -0.39 is 17.6 Å². The van der Waals surface area contributed by atoms with Gasteiger partial charge in [0.15, 0.2) is 0 Å². The van der Waals surface area contributed by atoms with Crippen molar-refractivity contribution >= 4 is 11.8 Å². The highest BCUT2D eigenvalue weighted by Gasteiger charge is 2.30. The first-order chi connectivity index (χ1) is 10.8. The lowest BCUT2D eigenvalue weighted by Gasteiger charge is -2.21. The molecule has 0 aromatic heterocycles. The first-order valence-electron chi connectivity index (χ1n) is 7.18. The summed E-state index contributed by atoms with van der Waals surface area (Å²) in [7, 11) is 0. The van der Waals surface area contributed by atoms with Crippen LogP contribution in [0.2, 0.25) is 0 Å². The molecule has 1 fully saturated rings. The molecule has 126 valence electrons. The van der Waals surface area contributed by atoms with Crippen LogP contribution in [0.25, 0.3) is 0 Å². The maximum atomic E-state index is 12.5. The summed E-state index contributed by atoms with van der Waals surface area (Å²) in [5, 5.41) is 8.91. The van der Waals surface area contributed by atoms with Gasteiger partial charge >= 0.3 is 6.18 Å². The van der Waals surface area contributed by atoms with Gasteiger partial charge in [-0.25, -0.2) is 0 Å². The van der Waals surface area contributed by atoms with Crippen LogP contribution in [0.1, 0.15) is 22.3 Å². The number of aliphatic hydroxyl groups is 1.